The van der Waals surface area contributed by atoms with Gasteiger partial charge in [-0.25, -0.2) is 8.78 Å². The van der Waals surface area contributed by atoms with Crippen molar-refractivity contribution in [2.24, 2.45) is 0 Å². The average Bonchev–Trinajstić information content (AvgIpc) is 2.41. The molecular formula is C14H11F2NO. The highest BCUT2D eigenvalue weighted by Gasteiger charge is 2.11. The minimum absolute atomic E-state index is 0.131. The molecule has 0 saturated heterocycles. The van der Waals surface area contributed by atoms with Crippen LogP contribution in [0.3, 0.4) is 0 Å². The van der Waals surface area contributed by atoms with E-state index in [-0.39, 0.29) is 11.3 Å². The number of nitrogens with one attached hydrogen (secondary N) is 1. The van der Waals surface area contributed by atoms with Crippen LogP contribution in [0.4, 0.5) is 14.5 Å². The van der Waals surface area contributed by atoms with E-state index in [2.05, 4.69) is 5.32 Å². The normalized spacial score (nSPS) is 10.2. The topological polar surface area (TPSA) is 29.1 Å². The number of ketones is 1. The molecule has 2 rings (SSSR count). The highest BCUT2D eigenvalue weighted by molar-refractivity contribution is 6.09. The van der Waals surface area contributed by atoms with E-state index >= 15 is 0 Å². The first kappa shape index (κ1) is 12.2. The van der Waals surface area contributed by atoms with Crippen molar-refractivity contribution >= 4 is 11.5 Å². The number of hydrogen-bond acceptors (Lipinski definition) is 2. The van der Waals surface area contributed by atoms with Crippen LogP contribution in [0.15, 0.2) is 42.5 Å². The van der Waals surface area contributed by atoms with Crippen LogP contribution in [0.2, 0.25) is 0 Å². The lowest BCUT2D eigenvalue weighted by atomic mass is 10.0. The first-order valence-electron chi connectivity index (χ1n) is 5.39. The molecule has 4 heteroatoms. The van der Waals surface area contributed by atoms with Crippen LogP contribution in [0.1, 0.15) is 15.9 Å². The van der Waals surface area contributed by atoms with Crippen molar-refractivity contribution < 1.29 is 13.6 Å². The fourth-order valence-corrected chi connectivity index (χ4v) is 1.59. The number of anilines is 1. The zero-order valence-electron chi connectivity index (χ0n) is 9.71. The molecule has 0 saturated carbocycles. The van der Waals surface area contributed by atoms with Crippen LogP contribution >= 0.6 is 0 Å². The van der Waals surface area contributed by atoms with Crippen LogP contribution in [0.25, 0.3) is 0 Å². The van der Waals surface area contributed by atoms with E-state index in [1.54, 1.807) is 31.3 Å². The molecule has 2 nitrogen and oxygen atoms in total. The Bertz CT molecular complexity index is 579. The summed E-state index contributed by atoms with van der Waals surface area (Å²) in [6.07, 6.45) is 0. The minimum atomic E-state index is -1.02. The van der Waals surface area contributed by atoms with Crippen molar-refractivity contribution in [3.8, 4) is 0 Å². The van der Waals surface area contributed by atoms with Gasteiger partial charge in [0.1, 0.15) is 0 Å². The summed E-state index contributed by atoms with van der Waals surface area (Å²) in [6, 6.07) is 9.88. The average molecular weight is 247 g/mol. The van der Waals surface area contributed by atoms with Gasteiger partial charge in [-0.1, -0.05) is 0 Å². The summed E-state index contributed by atoms with van der Waals surface area (Å²) in [5.41, 5.74) is 1.43. The molecule has 0 radical (unpaired) electrons. The van der Waals surface area contributed by atoms with Gasteiger partial charge in [0.2, 0.25) is 0 Å². The molecule has 0 spiro atoms. The molecular weight excluding hydrogens is 236 g/mol. The quantitative estimate of drug-likeness (QED) is 0.843. The summed E-state index contributed by atoms with van der Waals surface area (Å²) >= 11 is 0. The highest BCUT2D eigenvalue weighted by atomic mass is 19.2. The zero-order valence-corrected chi connectivity index (χ0v) is 9.71. The van der Waals surface area contributed by atoms with E-state index in [0.717, 1.165) is 17.8 Å². The number of rotatable bonds is 3. The first-order chi connectivity index (χ1) is 8.61. The molecule has 0 aliphatic carbocycles. The van der Waals surface area contributed by atoms with Gasteiger partial charge in [0.05, 0.1) is 0 Å². The molecule has 2 aromatic rings. The number of halogens is 2. The molecule has 1 N–H and O–H groups in total. The van der Waals surface area contributed by atoms with Crippen LogP contribution in [-0.2, 0) is 0 Å². The first-order valence-corrected chi connectivity index (χ1v) is 5.39. The summed E-state index contributed by atoms with van der Waals surface area (Å²) in [5.74, 6) is -2.32. The van der Waals surface area contributed by atoms with Gasteiger partial charge in [0.15, 0.2) is 17.4 Å². The van der Waals surface area contributed by atoms with Gasteiger partial charge < -0.3 is 5.32 Å². The Labute approximate surface area is 103 Å². The lowest BCUT2D eigenvalue weighted by Gasteiger charge is -2.04. The fourth-order valence-electron chi connectivity index (χ4n) is 1.59. The van der Waals surface area contributed by atoms with E-state index in [9.17, 15) is 13.6 Å². The van der Waals surface area contributed by atoms with Gasteiger partial charge in [-0.05, 0) is 42.5 Å². The van der Waals surface area contributed by atoms with Gasteiger partial charge in [-0.3, -0.25) is 4.79 Å². The lowest BCUT2D eigenvalue weighted by Crippen LogP contribution is -2.02. The summed E-state index contributed by atoms with van der Waals surface area (Å²) in [5, 5.41) is 2.93. The Morgan fingerprint density at radius 3 is 2.11 bits per heavy atom. The monoisotopic (exact) mass is 247 g/mol. The molecule has 0 heterocycles. The largest absolute Gasteiger partial charge is 0.388 e. The maximum atomic E-state index is 13.0. The summed E-state index contributed by atoms with van der Waals surface area (Å²) in [4.78, 5) is 12.0. The highest BCUT2D eigenvalue weighted by Crippen LogP contribution is 2.15. The van der Waals surface area contributed by atoms with Crippen LogP contribution in [-0.4, -0.2) is 12.8 Å². The second kappa shape index (κ2) is 4.96. The van der Waals surface area contributed by atoms with Crippen LogP contribution < -0.4 is 5.32 Å². The third kappa shape index (κ3) is 2.37. The summed E-state index contributed by atoms with van der Waals surface area (Å²) < 4.78 is 25.8. The van der Waals surface area contributed by atoms with Gasteiger partial charge >= 0.3 is 0 Å². The Hall–Kier alpha value is -2.23. The Morgan fingerprint density at radius 1 is 0.944 bits per heavy atom. The predicted octanol–water partition coefficient (Wildman–Crippen LogP) is 3.24. The molecule has 0 atom stereocenters. The van der Waals surface area contributed by atoms with E-state index in [1.807, 2.05) is 0 Å². The Kier molecular flexibility index (Phi) is 3.37. The maximum absolute atomic E-state index is 13.0. The number of carbonyl (C=O) groups excluding carboxylic acids is 1. The Balaban J connectivity index is 2.32. The zero-order chi connectivity index (χ0) is 13.1. The van der Waals surface area contributed by atoms with Crippen molar-refractivity contribution in [1.29, 1.82) is 0 Å². The van der Waals surface area contributed by atoms with Crippen molar-refractivity contribution in [3.05, 3.63) is 65.2 Å². The predicted molar refractivity (Wildman–Crippen MR) is 65.8 cm³/mol. The molecule has 92 valence electrons. The van der Waals surface area contributed by atoms with Crippen molar-refractivity contribution in [3.63, 3.8) is 0 Å². The maximum Gasteiger partial charge on any atom is 0.193 e. The molecule has 0 unspecified atom stereocenters. The van der Waals surface area contributed by atoms with Gasteiger partial charge in [-0.15, -0.1) is 0 Å². The fraction of sp³-hybridized carbons (Fsp3) is 0.0714. The number of benzene rings is 2. The van der Waals surface area contributed by atoms with Crippen molar-refractivity contribution in [1.82, 2.24) is 0 Å². The SMILES string of the molecule is CNc1ccc(C(=O)c2ccc(F)c(F)c2)cc1. The summed E-state index contributed by atoms with van der Waals surface area (Å²) in [7, 11) is 1.77. The lowest BCUT2D eigenvalue weighted by molar-refractivity contribution is 0.103. The second-order valence-electron chi connectivity index (χ2n) is 3.79. The van der Waals surface area contributed by atoms with E-state index < -0.39 is 11.6 Å². The van der Waals surface area contributed by atoms with Gasteiger partial charge in [-0.2, -0.15) is 0 Å². The van der Waals surface area contributed by atoms with Crippen LogP contribution in [0, 0.1) is 11.6 Å². The molecule has 0 aromatic heterocycles. The third-order valence-electron chi connectivity index (χ3n) is 2.62. The molecule has 18 heavy (non-hydrogen) atoms. The number of carbonyl (C=O) groups is 1. The van der Waals surface area contributed by atoms with E-state index in [1.165, 1.54) is 6.07 Å². The third-order valence-corrected chi connectivity index (χ3v) is 2.62. The Morgan fingerprint density at radius 2 is 1.56 bits per heavy atom. The minimum Gasteiger partial charge on any atom is -0.388 e. The molecule has 0 fully saturated rings. The molecule has 2 aromatic carbocycles. The van der Waals surface area contributed by atoms with Crippen LogP contribution in [0.5, 0.6) is 0 Å². The standard InChI is InChI=1S/C14H11F2NO/c1-17-11-5-2-9(3-6-11)14(18)10-4-7-12(15)13(16)8-10/h2-8,17H,1H3. The molecule has 0 bridgehead atoms. The molecule has 0 aliphatic heterocycles. The van der Waals surface area contributed by atoms with E-state index in [4.69, 9.17) is 0 Å². The van der Waals surface area contributed by atoms with E-state index in [0.29, 0.717) is 5.56 Å². The molecule has 0 amide bonds. The van der Waals surface area contributed by atoms with Crippen molar-refractivity contribution in [2.45, 2.75) is 0 Å². The smallest absolute Gasteiger partial charge is 0.193 e. The molecule has 0 aliphatic rings. The van der Waals surface area contributed by atoms with Gasteiger partial charge in [0.25, 0.3) is 0 Å². The van der Waals surface area contributed by atoms with Gasteiger partial charge in [0, 0.05) is 23.9 Å². The second-order valence-corrected chi connectivity index (χ2v) is 3.79. The van der Waals surface area contributed by atoms with Crippen molar-refractivity contribution in [2.75, 3.05) is 12.4 Å². The number of hydrogen-bond donors (Lipinski definition) is 1. The summed E-state index contributed by atoms with van der Waals surface area (Å²) in [6.45, 7) is 0.